The number of hydrogen-bond donors (Lipinski definition) is 0. The van der Waals surface area contributed by atoms with Gasteiger partial charge in [0.25, 0.3) is 0 Å². The maximum atomic E-state index is 5.31. The second-order valence-corrected chi connectivity index (χ2v) is 6.03. The minimum Gasteiger partial charge on any atom is -0.497 e. The molecule has 23 heavy (non-hydrogen) atoms. The number of piperazine rings is 1. The number of benzene rings is 1. The molecule has 0 aliphatic carbocycles. The average Bonchev–Trinajstić information content (AvgIpc) is 3.04. The van der Waals surface area contributed by atoms with Crippen molar-refractivity contribution in [1.29, 1.82) is 0 Å². The predicted molar refractivity (Wildman–Crippen MR) is 91.4 cm³/mol. The molecule has 5 heteroatoms. The van der Waals surface area contributed by atoms with E-state index in [-0.39, 0.29) is 0 Å². The van der Waals surface area contributed by atoms with Crippen molar-refractivity contribution in [3.8, 4) is 5.75 Å². The molecule has 1 aliphatic heterocycles. The first-order chi connectivity index (χ1) is 11.3. The fraction of sp³-hybridized carbons (Fsp3) is 0.500. The third-order valence-corrected chi connectivity index (χ3v) is 4.51. The molecule has 0 N–H and O–H groups in total. The molecule has 1 fully saturated rings. The SMILES string of the molecule is CCn1ccnc1CN1CCN(Cc2cccc(OC)c2)CC1. The lowest BCUT2D eigenvalue weighted by Gasteiger charge is -2.34. The van der Waals surface area contributed by atoms with Crippen molar-refractivity contribution in [2.45, 2.75) is 26.6 Å². The van der Waals surface area contributed by atoms with Crippen LogP contribution < -0.4 is 4.74 Å². The minimum absolute atomic E-state index is 0.938. The van der Waals surface area contributed by atoms with Gasteiger partial charge in [-0.1, -0.05) is 12.1 Å². The lowest BCUT2D eigenvalue weighted by Crippen LogP contribution is -2.45. The first kappa shape index (κ1) is 16.0. The number of hydrogen-bond acceptors (Lipinski definition) is 4. The molecule has 0 saturated carbocycles. The Bertz CT molecular complexity index is 617. The quantitative estimate of drug-likeness (QED) is 0.819. The highest BCUT2D eigenvalue weighted by Crippen LogP contribution is 2.16. The predicted octanol–water partition coefficient (Wildman–Crippen LogP) is 2.23. The van der Waals surface area contributed by atoms with Gasteiger partial charge in [-0.05, 0) is 24.6 Å². The maximum absolute atomic E-state index is 5.31. The van der Waals surface area contributed by atoms with Crippen LogP contribution >= 0.6 is 0 Å². The molecule has 1 saturated heterocycles. The number of imidazole rings is 1. The molecule has 1 aliphatic rings. The summed E-state index contributed by atoms with van der Waals surface area (Å²) in [5.74, 6) is 2.11. The minimum atomic E-state index is 0.938. The van der Waals surface area contributed by atoms with Gasteiger partial charge >= 0.3 is 0 Å². The fourth-order valence-corrected chi connectivity index (χ4v) is 3.11. The van der Waals surface area contributed by atoms with E-state index in [4.69, 9.17) is 4.74 Å². The summed E-state index contributed by atoms with van der Waals surface area (Å²) in [6, 6.07) is 8.36. The molecule has 0 radical (unpaired) electrons. The molecule has 5 nitrogen and oxygen atoms in total. The summed E-state index contributed by atoms with van der Waals surface area (Å²) >= 11 is 0. The Hall–Kier alpha value is -1.85. The highest BCUT2D eigenvalue weighted by atomic mass is 16.5. The first-order valence-electron chi connectivity index (χ1n) is 8.36. The average molecular weight is 314 g/mol. The van der Waals surface area contributed by atoms with E-state index in [0.717, 1.165) is 51.6 Å². The van der Waals surface area contributed by atoms with E-state index in [2.05, 4.69) is 50.7 Å². The van der Waals surface area contributed by atoms with Gasteiger partial charge in [0.2, 0.25) is 0 Å². The Morgan fingerprint density at radius 1 is 1.09 bits per heavy atom. The van der Waals surface area contributed by atoms with Gasteiger partial charge < -0.3 is 9.30 Å². The van der Waals surface area contributed by atoms with Crippen LogP contribution in [0.2, 0.25) is 0 Å². The third kappa shape index (κ3) is 4.12. The summed E-state index contributed by atoms with van der Waals surface area (Å²) in [6.07, 6.45) is 3.96. The van der Waals surface area contributed by atoms with Crippen LogP contribution in [0.15, 0.2) is 36.7 Å². The van der Waals surface area contributed by atoms with Crippen molar-refractivity contribution in [2.24, 2.45) is 0 Å². The second kappa shape index (κ2) is 7.62. The zero-order chi connectivity index (χ0) is 16.1. The molecule has 0 spiro atoms. The molecular formula is C18H26N4O. The van der Waals surface area contributed by atoms with Gasteiger partial charge in [-0.25, -0.2) is 4.98 Å². The monoisotopic (exact) mass is 314 g/mol. The molecule has 124 valence electrons. The van der Waals surface area contributed by atoms with Gasteiger partial charge in [-0.3, -0.25) is 9.80 Å². The standard InChI is InChI=1S/C18H26N4O/c1-3-22-8-7-19-18(22)15-21-11-9-20(10-12-21)14-16-5-4-6-17(13-16)23-2/h4-8,13H,3,9-12,14-15H2,1-2H3. The van der Waals surface area contributed by atoms with Gasteiger partial charge in [0.15, 0.2) is 0 Å². The number of aryl methyl sites for hydroxylation is 1. The fourth-order valence-electron chi connectivity index (χ4n) is 3.11. The molecule has 3 rings (SSSR count). The van der Waals surface area contributed by atoms with Crippen LogP contribution in [-0.4, -0.2) is 52.6 Å². The summed E-state index contributed by atoms with van der Waals surface area (Å²) in [7, 11) is 1.72. The summed E-state index contributed by atoms with van der Waals surface area (Å²) < 4.78 is 7.53. The Labute approximate surface area is 138 Å². The third-order valence-electron chi connectivity index (χ3n) is 4.51. The van der Waals surface area contributed by atoms with Crippen LogP contribution in [0.5, 0.6) is 5.75 Å². The van der Waals surface area contributed by atoms with Crippen LogP contribution in [0, 0.1) is 0 Å². The largest absolute Gasteiger partial charge is 0.497 e. The summed E-state index contributed by atoms with van der Waals surface area (Å²) in [6.45, 7) is 9.50. The van der Waals surface area contributed by atoms with Crippen molar-refractivity contribution in [3.05, 3.63) is 48.0 Å². The van der Waals surface area contributed by atoms with E-state index in [1.807, 2.05) is 12.3 Å². The normalized spacial score (nSPS) is 16.6. The van der Waals surface area contributed by atoms with E-state index in [9.17, 15) is 0 Å². The highest BCUT2D eigenvalue weighted by Gasteiger charge is 2.18. The number of aromatic nitrogens is 2. The van der Waals surface area contributed by atoms with E-state index in [1.165, 1.54) is 11.4 Å². The lowest BCUT2D eigenvalue weighted by atomic mass is 10.2. The zero-order valence-corrected chi connectivity index (χ0v) is 14.1. The molecule has 0 amide bonds. The molecule has 1 aromatic heterocycles. The topological polar surface area (TPSA) is 33.5 Å². The van der Waals surface area contributed by atoms with Crippen LogP contribution in [0.25, 0.3) is 0 Å². The Morgan fingerprint density at radius 3 is 2.52 bits per heavy atom. The Morgan fingerprint density at radius 2 is 1.83 bits per heavy atom. The van der Waals surface area contributed by atoms with E-state index in [1.54, 1.807) is 7.11 Å². The molecule has 0 unspecified atom stereocenters. The number of methoxy groups -OCH3 is 1. The summed E-state index contributed by atoms with van der Waals surface area (Å²) in [4.78, 5) is 9.49. The van der Waals surface area contributed by atoms with E-state index < -0.39 is 0 Å². The summed E-state index contributed by atoms with van der Waals surface area (Å²) in [5, 5.41) is 0. The first-order valence-corrected chi connectivity index (χ1v) is 8.36. The second-order valence-electron chi connectivity index (χ2n) is 6.03. The van der Waals surface area contributed by atoms with Crippen LogP contribution in [0.3, 0.4) is 0 Å². The van der Waals surface area contributed by atoms with Crippen LogP contribution in [0.1, 0.15) is 18.3 Å². The Kier molecular flexibility index (Phi) is 5.31. The van der Waals surface area contributed by atoms with Gasteiger partial charge in [0.05, 0.1) is 13.7 Å². The van der Waals surface area contributed by atoms with Crippen molar-refractivity contribution in [3.63, 3.8) is 0 Å². The van der Waals surface area contributed by atoms with Gasteiger partial charge in [-0.2, -0.15) is 0 Å². The van der Waals surface area contributed by atoms with Crippen LogP contribution in [0.4, 0.5) is 0 Å². The molecule has 0 bridgehead atoms. The smallest absolute Gasteiger partial charge is 0.122 e. The zero-order valence-electron chi connectivity index (χ0n) is 14.1. The van der Waals surface area contributed by atoms with E-state index in [0.29, 0.717) is 0 Å². The van der Waals surface area contributed by atoms with Crippen molar-refractivity contribution >= 4 is 0 Å². The molecule has 1 aromatic carbocycles. The van der Waals surface area contributed by atoms with Gasteiger partial charge in [0.1, 0.15) is 11.6 Å². The van der Waals surface area contributed by atoms with Crippen molar-refractivity contribution < 1.29 is 4.74 Å². The maximum Gasteiger partial charge on any atom is 0.122 e. The molecular weight excluding hydrogens is 288 g/mol. The molecule has 2 aromatic rings. The van der Waals surface area contributed by atoms with Gasteiger partial charge in [-0.15, -0.1) is 0 Å². The lowest BCUT2D eigenvalue weighted by molar-refractivity contribution is 0.119. The van der Waals surface area contributed by atoms with Crippen molar-refractivity contribution in [1.82, 2.24) is 19.4 Å². The van der Waals surface area contributed by atoms with Crippen molar-refractivity contribution in [2.75, 3.05) is 33.3 Å². The molecule has 2 heterocycles. The van der Waals surface area contributed by atoms with Crippen LogP contribution in [-0.2, 0) is 19.6 Å². The van der Waals surface area contributed by atoms with E-state index >= 15 is 0 Å². The molecule has 0 atom stereocenters. The summed E-state index contributed by atoms with van der Waals surface area (Å²) in [5.41, 5.74) is 1.32. The van der Waals surface area contributed by atoms with Gasteiger partial charge in [0, 0.05) is 51.7 Å². The number of rotatable bonds is 6. The highest BCUT2D eigenvalue weighted by molar-refractivity contribution is 5.28. The number of nitrogens with zero attached hydrogens (tertiary/aromatic N) is 4. The number of ether oxygens (including phenoxy) is 1. The Balaban J connectivity index is 1.50.